The third-order valence-electron chi connectivity index (χ3n) is 2.28. The zero-order chi connectivity index (χ0) is 10.1. The maximum atomic E-state index is 5.58. The normalized spacial score (nSPS) is 21.5. The molecule has 0 bridgehead atoms. The molecule has 3 nitrogen and oxygen atoms in total. The summed E-state index contributed by atoms with van der Waals surface area (Å²) in [6.45, 7) is 8.12. The van der Waals surface area contributed by atoms with Gasteiger partial charge in [0.05, 0.1) is 0 Å². The molecule has 1 aliphatic heterocycles. The Morgan fingerprint density at radius 3 is 2.79 bits per heavy atom. The number of ether oxygens (including phenoxy) is 1. The highest BCUT2D eigenvalue weighted by molar-refractivity contribution is 5.89. The predicted octanol–water partition coefficient (Wildman–Crippen LogP) is 2.27. The van der Waals surface area contributed by atoms with E-state index in [2.05, 4.69) is 25.4 Å². The van der Waals surface area contributed by atoms with Crippen molar-refractivity contribution in [2.24, 2.45) is 4.99 Å². The lowest BCUT2D eigenvalue weighted by molar-refractivity contribution is 0.284. The second kappa shape index (κ2) is 3.48. The quantitative estimate of drug-likeness (QED) is 0.670. The molecule has 1 aliphatic carbocycles. The van der Waals surface area contributed by atoms with Crippen molar-refractivity contribution < 1.29 is 4.74 Å². The standard InChI is InChI=1S/C11H16N2O/c1-8(2)13-7-6-11(12-9(13)3)14-10-4-5-10/h6-8,10H,3-5H2,1-2H3. The number of hydrogen-bond acceptors (Lipinski definition) is 3. The van der Waals surface area contributed by atoms with Crippen LogP contribution in [0.4, 0.5) is 0 Å². The minimum atomic E-state index is 0.393. The summed E-state index contributed by atoms with van der Waals surface area (Å²) >= 11 is 0. The van der Waals surface area contributed by atoms with Crippen LogP contribution in [-0.2, 0) is 4.74 Å². The highest BCUT2D eigenvalue weighted by Crippen LogP contribution is 2.25. The van der Waals surface area contributed by atoms with E-state index in [1.807, 2.05) is 17.2 Å². The van der Waals surface area contributed by atoms with Gasteiger partial charge in [0.2, 0.25) is 5.90 Å². The minimum Gasteiger partial charge on any atom is -0.474 e. The van der Waals surface area contributed by atoms with E-state index >= 15 is 0 Å². The zero-order valence-electron chi connectivity index (χ0n) is 8.73. The molecule has 0 saturated heterocycles. The van der Waals surface area contributed by atoms with Crippen LogP contribution in [-0.4, -0.2) is 22.9 Å². The molecular weight excluding hydrogens is 176 g/mol. The van der Waals surface area contributed by atoms with Crippen molar-refractivity contribution in [3.8, 4) is 0 Å². The second-order valence-corrected chi connectivity index (χ2v) is 4.00. The van der Waals surface area contributed by atoms with E-state index in [-0.39, 0.29) is 0 Å². The lowest BCUT2D eigenvalue weighted by Gasteiger charge is -2.27. The smallest absolute Gasteiger partial charge is 0.216 e. The van der Waals surface area contributed by atoms with Crippen LogP contribution in [0.5, 0.6) is 0 Å². The van der Waals surface area contributed by atoms with Crippen LogP contribution in [0.15, 0.2) is 29.7 Å². The fourth-order valence-corrected chi connectivity index (χ4v) is 1.34. The van der Waals surface area contributed by atoms with Crippen LogP contribution in [0.3, 0.4) is 0 Å². The van der Waals surface area contributed by atoms with Crippen LogP contribution in [0.1, 0.15) is 26.7 Å². The summed E-state index contributed by atoms with van der Waals surface area (Å²) in [7, 11) is 0. The summed E-state index contributed by atoms with van der Waals surface area (Å²) < 4.78 is 5.58. The number of nitrogens with zero attached hydrogens (tertiary/aromatic N) is 2. The van der Waals surface area contributed by atoms with Gasteiger partial charge in [0.25, 0.3) is 0 Å². The average molecular weight is 192 g/mol. The topological polar surface area (TPSA) is 24.8 Å². The summed E-state index contributed by atoms with van der Waals surface area (Å²) in [6, 6.07) is 0.393. The van der Waals surface area contributed by atoms with E-state index < -0.39 is 0 Å². The molecule has 0 spiro atoms. The van der Waals surface area contributed by atoms with E-state index in [0.29, 0.717) is 18.0 Å². The minimum absolute atomic E-state index is 0.393. The van der Waals surface area contributed by atoms with Crippen molar-refractivity contribution >= 4 is 5.90 Å². The molecule has 0 aromatic carbocycles. The molecule has 76 valence electrons. The van der Waals surface area contributed by atoms with E-state index in [1.165, 1.54) is 0 Å². The lowest BCUT2D eigenvalue weighted by atomic mass is 10.3. The van der Waals surface area contributed by atoms with Crippen molar-refractivity contribution in [2.45, 2.75) is 38.8 Å². The summed E-state index contributed by atoms with van der Waals surface area (Å²) in [6.07, 6.45) is 6.61. The van der Waals surface area contributed by atoms with E-state index in [4.69, 9.17) is 4.74 Å². The van der Waals surface area contributed by atoms with Crippen molar-refractivity contribution in [1.82, 2.24) is 4.90 Å². The van der Waals surface area contributed by atoms with Gasteiger partial charge in [-0.25, -0.2) is 0 Å². The maximum absolute atomic E-state index is 5.58. The van der Waals surface area contributed by atoms with Crippen molar-refractivity contribution in [1.29, 1.82) is 0 Å². The van der Waals surface area contributed by atoms with Crippen LogP contribution in [0.25, 0.3) is 0 Å². The van der Waals surface area contributed by atoms with Gasteiger partial charge in [0.1, 0.15) is 11.9 Å². The van der Waals surface area contributed by atoms with Gasteiger partial charge in [-0.1, -0.05) is 6.58 Å². The van der Waals surface area contributed by atoms with Crippen LogP contribution >= 0.6 is 0 Å². The molecular formula is C11H16N2O. The Hall–Kier alpha value is -1.25. The van der Waals surface area contributed by atoms with Gasteiger partial charge in [-0.05, 0) is 26.7 Å². The highest BCUT2D eigenvalue weighted by atomic mass is 16.5. The van der Waals surface area contributed by atoms with Crippen molar-refractivity contribution in [3.05, 3.63) is 24.7 Å². The van der Waals surface area contributed by atoms with Crippen LogP contribution in [0, 0.1) is 0 Å². The van der Waals surface area contributed by atoms with Crippen molar-refractivity contribution in [3.63, 3.8) is 0 Å². The Balaban J connectivity index is 2.00. The first-order valence-corrected chi connectivity index (χ1v) is 5.07. The number of hydrogen-bond donors (Lipinski definition) is 0. The van der Waals surface area contributed by atoms with Crippen LogP contribution in [0.2, 0.25) is 0 Å². The molecule has 1 heterocycles. The third-order valence-corrected chi connectivity index (χ3v) is 2.28. The first kappa shape index (κ1) is 9.31. The lowest BCUT2D eigenvalue weighted by Crippen LogP contribution is -2.27. The van der Waals surface area contributed by atoms with Gasteiger partial charge in [0, 0.05) is 18.3 Å². The van der Waals surface area contributed by atoms with Crippen LogP contribution < -0.4 is 0 Å². The monoisotopic (exact) mass is 192 g/mol. The molecule has 0 N–H and O–H groups in total. The molecule has 14 heavy (non-hydrogen) atoms. The summed E-state index contributed by atoms with van der Waals surface area (Å²) in [4.78, 5) is 6.33. The van der Waals surface area contributed by atoms with Gasteiger partial charge in [-0.3, -0.25) is 0 Å². The molecule has 0 aromatic heterocycles. The van der Waals surface area contributed by atoms with Gasteiger partial charge in [-0.15, -0.1) is 0 Å². The number of aliphatic imine (C=N–C) groups is 1. The SMILES string of the molecule is C=C1N=C(OC2CC2)C=CN1C(C)C. The van der Waals surface area contributed by atoms with Gasteiger partial charge in [0.15, 0.2) is 0 Å². The van der Waals surface area contributed by atoms with Gasteiger partial charge < -0.3 is 9.64 Å². The largest absolute Gasteiger partial charge is 0.474 e. The van der Waals surface area contributed by atoms with E-state index in [9.17, 15) is 0 Å². The summed E-state index contributed by atoms with van der Waals surface area (Å²) in [5.74, 6) is 1.47. The van der Waals surface area contributed by atoms with Gasteiger partial charge >= 0.3 is 0 Å². The van der Waals surface area contributed by atoms with E-state index in [1.54, 1.807) is 0 Å². The Kier molecular flexibility index (Phi) is 2.32. The number of rotatable bonds is 2. The molecule has 2 rings (SSSR count). The summed E-state index contributed by atoms with van der Waals surface area (Å²) in [5.41, 5.74) is 0. The molecule has 0 radical (unpaired) electrons. The van der Waals surface area contributed by atoms with Gasteiger partial charge in [-0.2, -0.15) is 4.99 Å². The fraction of sp³-hybridized carbons (Fsp3) is 0.545. The van der Waals surface area contributed by atoms with E-state index in [0.717, 1.165) is 18.7 Å². The van der Waals surface area contributed by atoms with Crippen molar-refractivity contribution in [2.75, 3.05) is 0 Å². The Morgan fingerprint density at radius 2 is 2.29 bits per heavy atom. The molecule has 1 fully saturated rings. The Morgan fingerprint density at radius 1 is 1.57 bits per heavy atom. The Bertz CT molecular complexity index is 300. The third kappa shape index (κ3) is 1.97. The highest BCUT2D eigenvalue weighted by Gasteiger charge is 2.25. The molecule has 0 aromatic rings. The predicted molar refractivity (Wildman–Crippen MR) is 56.8 cm³/mol. The molecule has 0 atom stereocenters. The second-order valence-electron chi connectivity index (χ2n) is 4.00. The molecule has 2 aliphatic rings. The summed E-state index contributed by atoms with van der Waals surface area (Å²) in [5, 5.41) is 0. The maximum Gasteiger partial charge on any atom is 0.216 e. The fourth-order valence-electron chi connectivity index (χ4n) is 1.34. The first-order valence-electron chi connectivity index (χ1n) is 5.07. The molecule has 1 saturated carbocycles. The Labute approximate surface area is 84.8 Å². The zero-order valence-corrected chi connectivity index (χ0v) is 8.73. The first-order chi connectivity index (χ1) is 6.66. The molecule has 0 amide bonds. The average Bonchev–Trinajstić information content (AvgIpc) is 2.87. The molecule has 3 heteroatoms. The molecule has 0 unspecified atom stereocenters.